The van der Waals surface area contributed by atoms with Gasteiger partial charge >= 0.3 is 6.09 Å². The quantitative estimate of drug-likeness (QED) is 0.703. The molecule has 0 aliphatic rings. The maximum absolute atomic E-state index is 12.0. The summed E-state index contributed by atoms with van der Waals surface area (Å²) in [6.07, 6.45) is -0.686. The number of aromatic nitrogens is 5. The van der Waals surface area contributed by atoms with E-state index < -0.39 is 6.09 Å². The third-order valence-corrected chi connectivity index (χ3v) is 3.12. The molecular weight excluding hydrogens is 318 g/mol. The van der Waals surface area contributed by atoms with Crippen molar-refractivity contribution in [2.45, 2.75) is 0 Å². The topological polar surface area (TPSA) is 98.1 Å². The highest BCUT2D eigenvalue weighted by Gasteiger charge is 2.18. The molecule has 0 saturated heterocycles. The van der Waals surface area contributed by atoms with Gasteiger partial charge < -0.3 is 9.64 Å². The van der Waals surface area contributed by atoms with Crippen molar-refractivity contribution in [3.8, 4) is 5.88 Å². The first-order valence-corrected chi connectivity index (χ1v) is 6.98. The maximum atomic E-state index is 12.0. The van der Waals surface area contributed by atoms with Gasteiger partial charge in [-0.2, -0.15) is 14.1 Å². The fourth-order valence-corrected chi connectivity index (χ4v) is 1.97. The van der Waals surface area contributed by atoms with Crippen LogP contribution in [0.1, 0.15) is 0 Å². The lowest BCUT2D eigenvalue weighted by atomic mass is 10.3. The zero-order valence-electron chi connectivity index (χ0n) is 12.3. The second-order valence-corrected chi connectivity index (χ2v) is 5.13. The standard InChI is InChI=1S/C13H13N7O2S/c1-19(2)12-15-10-9(17-18-20(10)23)11(16-12)22-13(21)14-8-6-4-3-5-7-8/h3-7,23H,1-2H3,(H,14,21). The van der Waals surface area contributed by atoms with Crippen molar-refractivity contribution in [1.82, 2.24) is 24.4 Å². The van der Waals surface area contributed by atoms with E-state index in [9.17, 15) is 4.79 Å². The first-order valence-electron chi connectivity index (χ1n) is 6.58. The molecule has 1 N–H and O–H groups in total. The van der Waals surface area contributed by atoms with Gasteiger partial charge in [0, 0.05) is 19.8 Å². The molecule has 0 saturated carbocycles. The van der Waals surface area contributed by atoms with Crippen LogP contribution < -0.4 is 15.0 Å². The number of rotatable bonds is 3. The number of thiol groups is 1. The van der Waals surface area contributed by atoms with E-state index in [2.05, 4.69) is 38.4 Å². The number of amides is 1. The molecule has 0 atom stereocenters. The lowest BCUT2D eigenvalue weighted by Crippen LogP contribution is -2.19. The van der Waals surface area contributed by atoms with E-state index in [0.29, 0.717) is 17.3 Å². The van der Waals surface area contributed by atoms with Crippen LogP contribution in [0.5, 0.6) is 5.88 Å². The molecule has 10 heteroatoms. The number of anilines is 2. The Morgan fingerprint density at radius 3 is 2.70 bits per heavy atom. The molecule has 0 fully saturated rings. The van der Waals surface area contributed by atoms with Crippen LogP contribution in [0.4, 0.5) is 16.4 Å². The minimum absolute atomic E-state index is 0.00688. The summed E-state index contributed by atoms with van der Waals surface area (Å²) >= 11 is 4.11. The summed E-state index contributed by atoms with van der Waals surface area (Å²) in [6.45, 7) is 0. The monoisotopic (exact) mass is 331 g/mol. The second-order valence-electron chi connectivity index (χ2n) is 4.75. The molecule has 1 amide bonds. The summed E-state index contributed by atoms with van der Waals surface area (Å²) in [6, 6.07) is 8.93. The summed E-state index contributed by atoms with van der Waals surface area (Å²) in [4.78, 5) is 22.1. The predicted octanol–water partition coefficient (Wildman–Crippen LogP) is 1.59. The average molecular weight is 331 g/mol. The van der Waals surface area contributed by atoms with Gasteiger partial charge in [-0.25, -0.2) is 4.79 Å². The largest absolute Gasteiger partial charge is 0.418 e. The second kappa shape index (κ2) is 6.08. The molecule has 118 valence electrons. The first kappa shape index (κ1) is 15.0. The summed E-state index contributed by atoms with van der Waals surface area (Å²) in [5.74, 6) is 0.352. The molecule has 0 unspecified atom stereocenters. The number of nitrogens with zero attached hydrogens (tertiary/aromatic N) is 6. The van der Waals surface area contributed by atoms with Gasteiger partial charge in [0.05, 0.1) is 0 Å². The highest BCUT2D eigenvalue weighted by molar-refractivity contribution is 7.78. The molecule has 2 heterocycles. The Hall–Kier alpha value is -2.88. The number of benzene rings is 1. The van der Waals surface area contributed by atoms with E-state index in [1.165, 1.54) is 4.09 Å². The summed E-state index contributed by atoms with van der Waals surface area (Å²) < 4.78 is 6.44. The van der Waals surface area contributed by atoms with Gasteiger partial charge in [-0.1, -0.05) is 23.4 Å². The lowest BCUT2D eigenvalue weighted by Gasteiger charge is -2.11. The van der Waals surface area contributed by atoms with Crippen molar-refractivity contribution >= 4 is 41.7 Å². The van der Waals surface area contributed by atoms with Crippen molar-refractivity contribution in [3.05, 3.63) is 30.3 Å². The number of ether oxygens (including phenoxy) is 1. The van der Waals surface area contributed by atoms with E-state index in [1.807, 2.05) is 6.07 Å². The number of hydrogen-bond donors (Lipinski definition) is 2. The van der Waals surface area contributed by atoms with Gasteiger partial charge in [0.25, 0.3) is 5.88 Å². The van der Waals surface area contributed by atoms with Crippen molar-refractivity contribution < 1.29 is 9.53 Å². The van der Waals surface area contributed by atoms with Crippen molar-refractivity contribution in [3.63, 3.8) is 0 Å². The Balaban J connectivity index is 1.91. The predicted molar refractivity (Wildman–Crippen MR) is 87.9 cm³/mol. The zero-order chi connectivity index (χ0) is 16.4. The molecular formula is C13H13N7O2S. The van der Waals surface area contributed by atoms with E-state index >= 15 is 0 Å². The van der Waals surface area contributed by atoms with E-state index in [-0.39, 0.29) is 11.4 Å². The minimum Gasteiger partial charge on any atom is -0.388 e. The van der Waals surface area contributed by atoms with Crippen LogP contribution in [-0.4, -0.2) is 44.6 Å². The van der Waals surface area contributed by atoms with Gasteiger partial charge in [-0.05, 0) is 24.9 Å². The van der Waals surface area contributed by atoms with E-state index in [1.54, 1.807) is 43.3 Å². The van der Waals surface area contributed by atoms with Gasteiger partial charge in [-0.3, -0.25) is 5.32 Å². The van der Waals surface area contributed by atoms with Crippen molar-refractivity contribution in [1.29, 1.82) is 0 Å². The average Bonchev–Trinajstić information content (AvgIpc) is 2.90. The van der Waals surface area contributed by atoms with Crippen LogP contribution in [0.15, 0.2) is 30.3 Å². The minimum atomic E-state index is -0.686. The van der Waals surface area contributed by atoms with Crippen molar-refractivity contribution in [2.75, 3.05) is 24.3 Å². The van der Waals surface area contributed by atoms with E-state index in [0.717, 1.165) is 0 Å². The number of hydrogen-bond acceptors (Lipinski definition) is 8. The van der Waals surface area contributed by atoms with Crippen LogP contribution in [0.25, 0.3) is 11.2 Å². The van der Waals surface area contributed by atoms with Gasteiger partial charge in [0.2, 0.25) is 5.95 Å². The number of carbonyl (C=O) groups is 1. The van der Waals surface area contributed by atoms with Gasteiger partial charge in [0.1, 0.15) is 0 Å². The van der Waals surface area contributed by atoms with Crippen LogP contribution in [0.3, 0.4) is 0 Å². The maximum Gasteiger partial charge on any atom is 0.418 e. The zero-order valence-corrected chi connectivity index (χ0v) is 13.2. The van der Waals surface area contributed by atoms with Crippen LogP contribution in [-0.2, 0) is 0 Å². The van der Waals surface area contributed by atoms with Gasteiger partial charge in [0.15, 0.2) is 11.2 Å². The summed E-state index contributed by atoms with van der Waals surface area (Å²) in [7, 11) is 3.53. The van der Waals surface area contributed by atoms with Crippen LogP contribution in [0.2, 0.25) is 0 Å². The number of para-hydroxylation sites is 1. The van der Waals surface area contributed by atoms with Crippen LogP contribution in [0, 0.1) is 0 Å². The summed E-state index contributed by atoms with van der Waals surface area (Å²) in [5, 5.41) is 10.2. The van der Waals surface area contributed by atoms with Crippen LogP contribution >= 0.6 is 12.8 Å². The summed E-state index contributed by atoms with van der Waals surface area (Å²) in [5.41, 5.74) is 1.19. The normalized spacial score (nSPS) is 10.6. The third kappa shape index (κ3) is 3.16. The molecule has 23 heavy (non-hydrogen) atoms. The fourth-order valence-electron chi connectivity index (χ4n) is 1.79. The Morgan fingerprint density at radius 2 is 2.00 bits per heavy atom. The van der Waals surface area contributed by atoms with E-state index in [4.69, 9.17) is 4.74 Å². The highest BCUT2D eigenvalue weighted by atomic mass is 32.1. The molecule has 3 rings (SSSR count). The molecule has 0 aliphatic heterocycles. The molecule has 0 aliphatic carbocycles. The Morgan fingerprint density at radius 1 is 1.26 bits per heavy atom. The highest BCUT2D eigenvalue weighted by Crippen LogP contribution is 2.23. The smallest absolute Gasteiger partial charge is 0.388 e. The lowest BCUT2D eigenvalue weighted by molar-refractivity contribution is 0.214. The molecule has 3 aromatic rings. The molecule has 2 aromatic heterocycles. The van der Waals surface area contributed by atoms with Crippen molar-refractivity contribution in [2.24, 2.45) is 0 Å². The van der Waals surface area contributed by atoms with Gasteiger partial charge in [-0.15, -0.1) is 5.10 Å². The SMILES string of the molecule is CN(C)c1nc(OC(=O)Nc2ccccc2)c2nnn(S)c2n1. The Labute approximate surface area is 136 Å². The number of nitrogens with one attached hydrogen (secondary N) is 1. The number of carbonyl (C=O) groups excluding carboxylic acids is 1. The molecule has 0 radical (unpaired) electrons. The molecule has 9 nitrogen and oxygen atoms in total. The Bertz CT molecular complexity index is 850. The molecule has 0 bridgehead atoms. The third-order valence-electron chi connectivity index (χ3n) is 2.85. The molecule has 0 spiro atoms. The Kier molecular flexibility index (Phi) is 3.98. The molecule has 1 aromatic carbocycles. The first-order chi connectivity index (χ1) is 11.0. The fraction of sp³-hybridized carbons (Fsp3) is 0.154. The number of fused-ring (bicyclic) bond motifs is 1.